The quantitative estimate of drug-likeness (QED) is 0.529. The van der Waals surface area contributed by atoms with Crippen LogP contribution in [-0.2, 0) is 4.79 Å². The van der Waals surface area contributed by atoms with Crippen molar-refractivity contribution in [2.45, 2.75) is 31.7 Å². The van der Waals surface area contributed by atoms with Crippen LogP contribution in [0.25, 0.3) is 0 Å². The van der Waals surface area contributed by atoms with Gasteiger partial charge in [-0.15, -0.1) is 0 Å². The molecule has 0 heterocycles. The van der Waals surface area contributed by atoms with Crippen LogP contribution >= 0.6 is 11.8 Å². The van der Waals surface area contributed by atoms with Gasteiger partial charge in [0.25, 0.3) is 0 Å². The van der Waals surface area contributed by atoms with Crippen molar-refractivity contribution < 1.29 is 15.0 Å². The molecular formula is C11H21NO3S. The molecule has 4 nitrogen and oxygen atoms in total. The Hall–Kier alpha value is -0.260. The molecule has 0 saturated heterocycles. The molecule has 0 radical (unpaired) electrons. The molecule has 0 aliphatic heterocycles. The lowest BCUT2D eigenvalue weighted by molar-refractivity contribution is -0.144. The van der Waals surface area contributed by atoms with Gasteiger partial charge in [0, 0.05) is 11.5 Å². The second-order valence-corrected chi connectivity index (χ2v) is 5.36. The van der Waals surface area contributed by atoms with E-state index in [0.29, 0.717) is 11.5 Å². The molecule has 1 atom stereocenters. The number of thioether (sulfide) groups is 1. The van der Waals surface area contributed by atoms with Crippen molar-refractivity contribution >= 4 is 17.7 Å². The first-order chi connectivity index (χ1) is 7.67. The van der Waals surface area contributed by atoms with E-state index in [1.165, 1.54) is 11.8 Å². The maximum atomic E-state index is 11.5. The minimum Gasteiger partial charge on any atom is -0.480 e. The number of carboxylic acid groups (broad SMARTS) is 1. The van der Waals surface area contributed by atoms with Crippen molar-refractivity contribution in [3.63, 3.8) is 0 Å². The van der Waals surface area contributed by atoms with Gasteiger partial charge in [0.15, 0.2) is 0 Å². The van der Waals surface area contributed by atoms with Gasteiger partial charge >= 0.3 is 5.97 Å². The average molecular weight is 247 g/mol. The SMILES string of the molecule is CCCNC(CSCCO)(C(=O)O)C1CC1. The van der Waals surface area contributed by atoms with Gasteiger partial charge in [0.1, 0.15) is 5.54 Å². The summed E-state index contributed by atoms with van der Waals surface area (Å²) in [6.07, 6.45) is 2.94. The molecule has 16 heavy (non-hydrogen) atoms. The van der Waals surface area contributed by atoms with Gasteiger partial charge < -0.3 is 15.5 Å². The highest BCUT2D eigenvalue weighted by Crippen LogP contribution is 2.41. The summed E-state index contributed by atoms with van der Waals surface area (Å²) in [4.78, 5) is 11.5. The summed E-state index contributed by atoms with van der Waals surface area (Å²) in [6, 6.07) is 0. The fourth-order valence-corrected chi connectivity index (χ4v) is 2.90. The van der Waals surface area contributed by atoms with Gasteiger partial charge in [-0.2, -0.15) is 11.8 Å². The highest BCUT2D eigenvalue weighted by molar-refractivity contribution is 7.99. The Morgan fingerprint density at radius 1 is 1.56 bits per heavy atom. The van der Waals surface area contributed by atoms with Crippen LogP contribution in [0.2, 0.25) is 0 Å². The molecule has 3 N–H and O–H groups in total. The lowest BCUT2D eigenvalue weighted by atomic mass is 9.95. The van der Waals surface area contributed by atoms with E-state index in [2.05, 4.69) is 5.32 Å². The molecule has 0 bridgehead atoms. The molecule has 0 amide bonds. The third-order valence-corrected chi connectivity index (χ3v) is 4.04. The Kier molecular flexibility index (Phi) is 5.58. The van der Waals surface area contributed by atoms with Gasteiger partial charge in [-0.3, -0.25) is 4.79 Å². The predicted octanol–water partition coefficient (Wildman–Crippen LogP) is 0.945. The van der Waals surface area contributed by atoms with Crippen LogP contribution in [0.15, 0.2) is 0 Å². The first-order valence-corrected chi connectivity index (χ1v) is 7.00. The largest absolute Gasteiger partial charge is 0.480 e. The fraction of sp³-hybridized carbons (Fsp3) is 0.909. The summed E-state index contributed by atoms with van der Waals surface area (Å²) in [5.41, 5.74) is -0.768. The zero-order valence-corrected chi connectivity index (χ0v) is 10.6. The Morgan fingerprint density at radius 2 is 2.25 bits per heavy atom. The monoisotopic (exact) mass is 247 g/mol. The van der Waals surface area contributed by atoms with Crippen molar-refractivity contribution in [1.82, 2.24) is 5.32 Å². The van der Waals surface area contributed by atoms with Crippen LogP contribution in [0.4, 0.5) is 0 Å². The zero-order chi connectivity index (χ0) is 12.0. The van der Waals surface area contributed by atoms with E-state index in [4.69, 9.17) is 5.11 Å². The van der Waals surface area contributed by atoms with Gasteiger partial charge in [0.2, 0.25) is 0 Å². The number of hydrogen-bond donors (Lipinski definition) is 3. The Morgan fingerprint density at radius 3 is 2.69 bits per heavy atom. The number of rotatable bonds is 9. The van der Waals surface area contributed by atoms with Crippen LogP contribution in [0.1, 0.15) is 26.2 Å². The lowest BCUT2D eigenvalue weighted by Crippen LogP contribution is -2.56. The van der Waals surface area contributed by atoms with Crippen molar-refractivity contribution in [2.24, 2.45) is 5.92 Å². The Bertz CT molecular complexity index is 233. The minimum absolute atomic E-state index is 0.110. The maximum absolute atomic E-state index is 11.5. The third kappa shape index (κ3) is 3.37. The van der Waals surface area contributed by atoms with Gasteiger partial charge in [0.05, 0.1) is 6.61 Å². The second kappa shape index (κ2) is 6.47. The van der Waals surface area contributed by atoms with E-state index in [1.54, 1.807) is 0 Å². The summed E-state index contributed by atoms with van der Waals surface area (Å²) < 4.78 is 0. The van der Waals surface area contributed by atoms with Crippen LogP contribution < -0.4 is 5.32 Å². The molecule has 1 fully saturated rings. The van der Waals surface area contributed by atoms with Crippen molar-refractivity contribution in [3.8, 4) is 0 Å². The number of hydrogen-bond acceptors (Lipinski definition) is 4. The maximum Gasteiger partial charge on any atom is 0.325 e. The van der Waals surface area contributed by atoms with E-state index >= 15 is 0 Å². The van der Waals surface area contributed by atoms with Gasteiger partial charge in [-0.25, -0.2) is 0 Å². The molecule has 0 aromatic heterocycles. The molecule has 1 aliphatic rings. The highest BCUT2D eigenvalue weighted by atomic mass is 32.2. The summed E-state index contributed by atoms with van der Waals surface area (Å²) in [5.74, 6) is 0.681. The van der Waals surface area contributed by atoms with E-state index in [0.717, 1.165) is 25.8 Å². The third-order valence-electron chi connectivity index (χ3n) is 2.91. The molecule has 0 spiro atoms. The molecule has 0 aromatic rings. The van der Waals surface area contributed by atoms with Crippen molar-refractivity contribution in [3.05, 3.63) is 0 Å². The average Bonchev–Trinajstić information content (AvgIpc) is 3.07. The Labute approximate surface area is 101 Å². The minimum atomic E-state index is -0.768. The molecular weight excluding hydrogens is 226 g/mol. The number of carboxylic acids is 1. The van der Waals surface area contributed by atoms with E-state index in [1.807, 2.05) is 6.92 Å². The van der Waals surface area contributed by atoms with E-state index in [9.17, 15) is 9.90 Å². The lowest BCUT2D eigenvalue weighted by Gasteiger charge is -2.30. The normalized spacial score (nSPS) is 19.4. The second-order valence-electron chi connectivity index (χ2n) is 4.25. The van der Waals surface area contributed by atoms with Crippen LogP contribution in [0, 0.1) is 5.92 Å². The predicted molar refractivity (Wildman–Crippen MR) is 65.8 cm³/mol. The first kappa shape index (κ1) is 13.8. The highest BCUT2D eigenvalue weighted by Gasteiger charge is 2.50. The zero-order valence-electron chi connectivity index (χ0n) is 9.74. The fourth-order valence-electron chi connectivity index (χ4n) is 1.85. The summed E-state index contributed by atoms with van der Waals surface area (Å²) in [7, 11) is 0. The van der Waals surface area contributed by atoms with Gasteiger partial charge in [-0.05, 0) is 31.7 Å². The summed E-state index contributed by atoms with van der Waals surface area (Å²) in [5, 5.41) is 21.4. The topological polar surface area (TPSA) is 69.6 Å². The molecule has 5 heteroatoms. The number of nitrogens with one attached hydrogen (secondary N) is 1. The molecule has 0 aromatic carbocycles. The van der Waals surface area contributed by atoms with Crippen LogP contribution in [-0.4, -0.2) is 46.4 Å². The van der Waals surface area contributed by atoms with Gasteiger partial charge in [-0.1, -0.05) is 6.92 Å². The number of aliphatic hydroxyl groups is 1. The first-order valence-electron chi connectivity index (χ1n) is 5.84. The van der Waals surface area contributed by atoms with Crippen LogP contribution in [0.5, 0.6) is 0 Å². The van der Waals surface area contributed by atoms with Crippen molar-refractivity contribution in [1.29, 1.82) is 0 Å². The van der Waals surface area contributed by atoms with Crippen LogP contribution in [0.3, 0.4) is 0 Å². The van der Waals surface area contributed by atoms with Crippen molar-refractivity contribution in [2.75, 3.05) is 24.7 Å². The number of aliphatic hydroxyl groups excluding tert-OH is 1. The Balaban J connectivity index is 2.59. The molecule has 1 rings (SSSR count). The number of aliphatic carboxylic acids is 1. The van der Waals surface area contributed by atoms with E-state index < -0.39 is 11.5 Å². The smallest absolute Gasteiger partial charge is 0.325 e. The van der Waals surface area contributed by atoms with E-state index in [-0.39, 0.29) is 12.5 Å². The molecule has 94 valence electrons. The molecule has 1 saturated carbocycles. The number of carbonyl (C=O) groups is 1. The summed E-state index contributed by atoms with van der Waals surface area (Å²) >= 11 is 1.51. The molecule has 1 aliphatic carbocycles. The molecule has 1 unspecified atom stereocenters. The summed E-state index contributed by atoms with van der Waals surface area (Å²) in [6.45, 7) is 2.88. The standard InChI is InChI=1S/C11H21NO3S/c1-2-5-12-11(10(14)15,9-3-4-9)8-16-7-6-13/h9,12-13H,2-8H2,1H3,(H,14,15).